The molecule has 12 heteroatoms. The molecule has 0 saturated heterocycles. The molecule has 1 aromatic heterocycles. The van der Waals surface area contributed by atoms with Gasteiger partial charge in [0.1, 0.15) is 0 Å². The zero-order valence-corrected chi connectivity index (χ0v) is 8.41. The van der Waals surface area contributed by atoms with E-state index in [9.17, 15) is 36.5 Å². The Labute approximate surface area is 98.9 Å². The van der Waals surface area contributed by atoms with Gasteiger partial charge in [-0.3, -0.25) is 0 Å². The SMILES string of the molecule is O=[N+]([O-])c1ncc(OC(F)(F)F)c(C(F)(F)F)c1O. The average molecular weight is 292 g/mol. The molecule has 0 bridgehead atoms. The zero-order chi connectivity index (χ0) is 15.0. The number of nitrogens with zero attached hydrogens (tertiary/aromatic N) is 2. The molecule has 0 aliphatic rings. The van der Waals surface area contributed by atoms with Crippen LogP contribution in [0.25, 0.3) is 0 Å². The number of pyridine rings is 1. The molecule has 0 radical (unpaired) electrons. The first-order valence-corrected chi connectivity index (χ1v) is 4.12. The molecule has 19 heavy (non-hydrogen) atoms. The molecule has 0 fully saturated rings. The standard InChI is InChI=1S/C7H2F6N2O4/c8-6(9,10)3-2(19-7(11,12)13)1-14-5(4(3)16)15(17)18/h1,16H. The van der Waals surface area contributed by atoms with Crippen molar-refractivity contribution in [2.24, 2.45) is 0 Å². The molecular formula is C7H2F6N2O4. The number of nitro groups is 1. The van der Waals surface area contributed by atoms with E-state index in [-0.39, 0.29) is 6.20 Å². The summed E-state index contributed by atoms with van der Waals surface area (Å²) in [5, 5.41) is 19.3. The highest BCUT2D eigenvalue weighted by Crippen LogP contribution is 2.46. The quantitative estimate of drug-likeness (QED) is 0.514. The highest BCUT2D eigenvalue weighted by atomic mass is 19.4. The lowest BCUT2D eigenvalue weighted by atomic mass is 10.2. The van der Waals surface area contributed by atoms with Gasteiger partial charge < -0.3 is 20.0 Å². The molecule has 0 aliphatic heterocycles. The minimum Gasteiger partial charge on any atom is -0.500 e. The Balaban J connectivity index is 3.50. The number of hydrogen-bond donors (Lipinski definition) is 1. The van der Waals surface area contributed by atoms with Crippen LogP contribution in [0.2, 0.25) is 0 Å². The van der Waals surface area contributed by atoms with Gasteiger partial charge in [0, 0.05) is 0 Å². The van der Waals surface area contributed by atoms with Crippen molar-refractivity contribution in [2.45, 2.75) is 12.5 Å². The van der Waals surface area contributed by atoms with E-state index >= 15 is 0 Å². The maximum absolute atomic E-state index is 12.5. The molecule has 0 aliphatic carbocycles. The van der Waals surface area contributed by atoms with E-state index in [1.54, 1.807) is 0 Å². The first-order chi connectivity index (χ1) is 8.43. The van der Waals surface area contributed by atoms with Gasteiger partial charge in [0.2, 0.25) is 5.75 Å². The molecular weight excluding hydrogens is 290 g/mol. The number of alkyl halides is 6. The van der Waals surface area contributed by atoms with Crippen LogP contribution in [0.3, 0.4) is 0 Å². The van der Waals surface area contributed by atoms with Crippen LogP contribution in [0.15, 0.2) is 6.20 Å². The van der Waals surface area contributed by atoms with E-state index in [2.05, 4.69) is 9.72 Å². The number of ether oxygens (including phenoxy) is 1. The molecule has 1 rings (SSSR count). The fraction of sp³-hybridized carbons (Fsp3) is 0.286. The van der Waals surface area contributed by atoms with Crippen molar-refractivity contribution >= 4 is 5.82 Å². The van der Waals surface area contributed by atoms with Crippen molar-refractivity contribution in [3.63, 3.8) is 0 Å². The van der Waals surface area contributed by atoms with Crippen molar-refractivity contribution in [2.75, 3.05) is 0 Å². The van der Waals surface area contributed by atoms with E-state index in [0.717, 1.165) is 0 Å². The Hall–Kier alpha value is -2.27. The van der Waals surface area contributed by atoms with E-state index in [1.165, 1.54) is 0 Å². The van der Waals surface area contributed by atoms with E-state index in [1.807, 2.05) is 0 Å². The van der Waals surface area contributed by atoms with E-state index in [0.29, 0.717) is 0 Å². The molecule has 0 amide bonds. The Morgan fingerprint density at radius 1 is 1.26 bits per heavy atom. The molecule has 0 saturated carbocycles. The molecule has 0 spiro atoms. The van der Waals surface area contributed by atoms with Crippen LogP contribution in [-0.4, -0.2) is 21.4 Å². The van der Waals surface area contributed by atoms with Crippen molar-refractivity contribution < 1.29 is 41.1 Å². The smallest absolute Gasteiger partial charge is 0.500 e. The second-order valence-corrected chi connectivity index (χ2v) is 2.97. The second-order valence-electron chi connectivity index (χ2n) is 2.97. The summed E-state index contributed by atoms with van der Waals surface area (Å²) in [6.45, 7) is 0. The van der Waals surface area contributed by atoms with Gasteiger partial charge in [0.15, 0.2) is 17.5 Å². The second kappa shape index (κ2) is 4.44. The fourth-order valence-electron chi connectivity index (χ4n) is 1.08. The molecule has 1 heterocycles. The van der Waals surface area contributed by atoms with Crippen LogP contribution >= 0.6 is 0 Å². The number of hydrogen-bond acceptors (Lipinski definition) is 5. The Morgan fingerprint density at radius 2 is 1.79 bits per heavy atom. The van der Waals surface area contributed by atoms with Gasteiger partial charge in [-0.05, 0) is 9.91 Å². The summed E-state index contributed by atoms with van der Waals surface area (Å²) in [6.07, 6.45) is -11.1. The van der Waals surface area contributed by atoms with Crippen LogP contribution in [0, 0.1) is 10.1 Å². The minimum atomic E-state index is -5.50. The molecule has 1 N–H and O–H groups in total. The third-order valence-corrected chi connectivity index (χ3v) is 1.68. The van der Waals surface area contributed by atoms with Gasteiger partial charge in [0.05, 0.1) is 0 Å². The Morgan fingerprint density at radius 3 is 2.16 bits per heavy atom. The van der Waals surface area contributed by atoms with Gasteiger partial charge in [-0.25, -0.2) is 0 Å². The third-order valence-electron chi connectivity index (χ3n) is 1.68. The summed E-state index contributed by atoms with van der Waals surface area (Å²) < 4.78 is 76.0. The van der Waals surface area contributed by atoms with Crippen molar-refractivity contribution in [3.8, 4) is 11.5 Å². The summed E-state index contributed by atoms with van der Waals surface area (Å²) in [5.41, 5.74) is -2.33. The number of rotatable bonds is 2. The normalized spacial score (nSPS) is 12.3. The van der Waals surface area contributed by atoms with Gasteiger partial charge >= 0.3 is 18.4 Å². The number of halogens is 6. The lowest BCUT2D eigenvalue weighted by molar-refractivity contribution is -0.391. The number of aromatic nitrogens is 1. The van der Waals surface area contributed by atoms with E-state index < -0.39 is 40.3 Å². The van der Waals surface area contributed by atoms with Crippen LogP contribution in [-0.2, 0) is 6.18 Å². The van der Waals surface area contributed by atoms with Crippen LogP contribution in [0.4, 0.5) is 32.2 Å². The van der Waals surface area contributed by atoms with E-state index in [4.69, 9.17) is 5.11 Å². The lowest BCUT2D eigenvalue weighted by Crippen LogP contribution is -2.20. The zero-order valence-electron chi connectivity index (χ0n) is 8.41. The molecule has 0 unspecified atom stereocenters. The maximum Gasteiger partial charge on any atom is 0.573 e. The first kappa shape index (κ1) is 14.8. The lowest BCUT2D eigenvalue weighted by Gasteiger charge is -2.14. The van der Waals surface area contributed by atoms with Gasteiger partial charge in [-0.15, -0.1) is 13.2 Å². The van der Waals surface area contributed by atoms with Crippen LogP contribution in [0.1, 0.15) is 5.56 Å². The molecule has 0 aromatic carbocycles. The summed E-state index contributed by atoms with van der Waals surface area (Å²) >= 11 is 0. The monoisotopic (exact) mass is 292 g/mol. The van der Waals surface area contributed by atoms with Crippen molar-refractivity contribution in [1.82, 2.24) is 4.98 Å². The van der Waals surface area contributed by atoms with Gasteiger partial charge in [-0.1, -0.05) is 0 Å². The Bertz CT molecular complexity index is 512. The summed E-state index contributed by atoms with van der Waals surface area (Å²) in [4.78, 5) is 11.4. The summed E-state index contributed by atoms with van der Waals surface area (Å²) in [7, 11) is 0. The summed E-state index contributed by atoms with van der Waals surface area (Å²) in [6, 6.07) is 0. The Kier molecular flexibility index (Phi) is 3.45. The minimum absolute atomic E-state index is 0.145. The molecule has 1 aromatic rings. The van der Waals surface area contributed by atoms with Crippen molar-refractivity contribution in [1.29, 1.82) is 0 Å². The largest absolute Gasteiger partial charge is 0.573 e. The molecule has 0 atom stereocenters. The fourth-order valence-corrected chi connectivity index (χ4v) is 1.08. The third kappa shape index (κ3) is 3.35. The first-order valence-electron chi connectivity index (χ1n) is 4.12. The van der Waals surface area contributed by atoms with Gasteiger partial charge in [-0.2, -0.15) is 13.2 Å². The topological polar surface area (TPSA) is 85.5 Å². The highest BCUT2D eigenvalue weighted by molar-refractivity contribution is 5.53. The average Bonchev–Trinajstić information content (AvgIpc) is 2.11. The van der Waals surface area contributed by atoms with Gasteiger partial charge in [0.25, 0.3) is 0 Å². The molecule has 6 nitrogen and oxygen atoms in total. The maximum atomic E-state index is 12.5. The number of aromatic hydroxyl groups is 1. The predicted octanol–water partition coefficient (Wildman–Crippen LogP) is 2.61. The highest BCUT2D eigenvalue weighted by Gasteiger charge is 2.45. The van der Waals surface area contributed by atoms with Crippen LogP contribution < -0.4 is 4.74 Å². The summed E-state index contributed by atoms with van der Waals surface area (Å²) in [5.74, 6) is -5.58. The van der Waals surface area contributed by atoms with Crippen molar-refractivity contribution in [3.05, 3.63) is 21.9 Å². The van der Waals surface area contributed by atoms with Crippen LogP contribution in [0.5, 0.6) is 11.5 Å². The molecule has 106 valence electrons. The predicted molar refractivity (Wildman–Crippen MR) is 44.2 cm³/mol.